The van der Waals surface area contributed by atoms with Crippen molar-refractivity contribution in [2.45, 2.75) is 12.8 Å². The zero-order valence-electron chi connectivity index (χ0n) is 12.8. The van der Waals surface area contributed by atoms with Crippen LogP contribution in [0.15, 0.2) is 17.1 Å². The molecule has 0 aromatic carbocycles. The van der Waals surface area contributed by atoms with Gasteiger partial charge < -0.3 is 15.1 Å². The van der Waals surface area contributed by atoms with Gasteiger partial charge in [0.1, 0.15) is 5.82 Å². The Morgan fingerprint density at radius 3 is 2.95 bits per heavy atom. The summed E-state index contributed by atoms with van der Waals surface area (Å²) < 4.78 is 0. The highest BCUT2D eigenvalue weighted by atomic mass is 16.2. The van der Waals surface area contributed by atoms with E-state index in [0.29, 0.717) is 18.9 Å². The Hall–Kier alpha value is -2.22. The maximum atomic E-state index is 12.2. The zero-order valence-corrected chi connectivity index (χ0v) is 12.8. The molecular formula is C14H21N5O3. The van der Waals surface area contributed by atoms with Crippen LogP contribution < -0.4 is 11.0 Å². The lowest BCUT2D eigenvalue weighted by Crippen LogP contribution is -2.31. The summed E-state index contributed by atoms with van der Waals surface area (Å²) in [4.78, 5) is 44.9. The summed E-state index contributed by atoms with van der Waals surface area (Å²) in [5.41, 5.74) is -0.523. The molecule has 1 aliphatic heterocycles. The molecule has 2 N–H and O–H groups in total. The van der Waals surface area contributed by atoms with Gasteiger partial charge in [-0.15, -0.1) is 0 Å². The summed E-state index contributed by atoms with van der Waals surface area (Å²) in [6.45, 7) is 1.99. The highest BCUT2D eigenvalue weighted by Gasteiger charge is 2.34. The molecule has 0 saturated carbocycles. The molecule has 1 aromatic rings. The van der Waals surface area contributed by atoms with E-state index >= 15 is 0 Å². The number of amides is 2. The van der Waals surface area contributed by atoms with Crippen LogP contribution in [0.1, 0.15) is 12.8 Å². The van der Waals surface area contributed by atoms with E-state index in [1.807, 2.05) is 14.1 Å². The summed E-state index contributed by atoms with van der Waals surface area (Å²) >= 11 is 0. The van der Waals surface area contributed by atoms with Crippen LogP contribution in [0.3, 0.4) is 0 Å². The molecule has 1 atom stereocenters. The minimum Gasteiger partial charge on any atom is -0.342 e. The number of anilines is 1. The minimum atomic E-state index is -0.523. The number of hydrogen-bond acceptors (Lipinski definition) is 5. The number of hydrogen-bond donors (Lipinski definition) is 2. The second kappa shape index (κ2) is 7.17. The highest BCUT2D eigenvalue weighted by molar-refractivity contribution is 5.96. The number of likely N-dealkylation sites (tertiary alicyclic amines) is 1. The van der Waals surface area contributed by atoms with Crippen molar-refractivity contribution in [2.75, 3.05) is 39.0 Å². The van der Waals surface area contributed by atoms with Gasteiger partial charge >= 0.3 is 5.69 Å². The van der Waals surface area contributed by atoms with E-state index in [1.165, 1.54) is 12.3 Å². The first-order chi connectivity index (χ1) is 10.5. The van der Waals surface area contributed by atoms with Crippen molar-refractivity contribution in [3.8, 4) is 0 Å². The topological polar surface area (TPSA) is 98.4 Å². The first kappa shape index (κ1) is 16.2. The molecule has 2 rings (SSSR count). The summed E-state index contributed by atoms with van der Waals surface area (Å²) in [5.74, 6) is -0.348. The van der Waals surface area contributed by atoms with E-state index in [2.05, 4.69) is 20.2 Å². The Bertz CT molecular complexity index is 598. The minimum absolute atomic E-state index is 0.00197. The first-order valence-corrected chi connectivity index (χ1v) is 7.24. The average molecular weight is 307 g/mol. The Morgan fingerprint density at radius 2 is 2.27 bits per heavy atom. The third kappa shape index (κ3) is 4.39. The second-order valence-corrected chi connectivity index (χ2v) is 5.68. The fourth-order valence-corrected chi connectivity index (χ4v) is 2.42. The van der Waals surface area contributed by atoms with Crippen molar-refractivity contribution in [3.63, 3.8) is 0 Å². The maximum Gasteiger partial charge on any atom is 0.346 e. The summed E-state index contributed by atoms with van der Waals surface area (Å²) in [7, 11) is 3.97. The molecule has 1 unspecified atom stereocenters. The number of carbonyl (C=O) groups is 2. The highest BCUT2D eigenvalue weighted by Crippen LogP contribution is 2.19. The van der Waals surface area contributed by atoms with Crippen LogP contribution in [0.5, 0.6) is 0 Å². The Morgan fingerprint density at radius 1 is 1.50 bits per heavy atom. The molecule has 0 aliphatic carbocycles. The third-order valence-electron chi connectivity index (χ3n) is 3.55. The smallest absolute Gasteiger partial charge is 0.342 e. The molecule has 22 heavy (non-hydrogen) atoms. The molecule has 8 nitrogen and oxygen atoms in total. The van der Waals surface area contributed by atoms with E-state index in [4.69, 9.17) is 0 Å². The van der Waals surface area contributed by atoms with E-state index in [9.17, 15) is 14.4 Å². The fraction of sp³-hybridized carbons (Fsp3) is 0.571. The van der Waals surface area contributed by atoms with Gasteiger partial charge in [0.15, 0.2) is 0 Å². The molecule has 8 heteroatoms. The van der Waals surface area contributed by atoms with Gasteiger partial charge in [-0.1, -0.05) is 0 Å². The van der Waals surface area contributed by atoms with Crippen LogP contribution in [0.2, 0.25) is 0 Å². The normalized spacial score (nSPS) is 18.0. The van der Waals surface area contributed by atoms with Gasteiger partial charge in [-0.3, -0.25) is 14.6 Å². The molecule has 1 saturated heterocycles. The lowest BCUT2D eigenvalue weighted by Gasteiger charge is -2.18. The molecule has 1 aromatic heterocycles. The van der Waals surface area contributed by atoms with Crippen molar-refractivity contribution >= 4 is 17.6 Å². The molecular weight excluding hydrogens is 286 g/mol. The number of aromatic nitrogens is 2. The van der Waals surface area contributed by atoms with Crippen molar-refractivity contribution in [1.29, 1.82) is 0 Å². The van der Waals surface area contributed by atoms with Crippen molar-refractivity contribution in [1.82, 2.24) is 19.8 Å². The predicted octanol–water partition coefficient (Wildman–Crippen LogP) is -0.491. The van der Waals surface area contributed by atoms with Gasteiger partial charge in [-0.2, -0.15) is 0 Å². The number of carbonyl (C=O) groups excluding carboxylic acids is 2. The number of nitrogens with one attached hydrogen (secondary N) is 2. The molecule has 2 heterocycles. The van der Waals surface area contributed by atoms with Gasteiger partial charge in [-0.05, 0) is 33.1 Å². The van der Waals surface area contributed by atoms with Crippen molar-refractivity contribution in [2.24, 2.45) is 5.92 Å². The summed E-state index contributed by atoms with van der Waals surface area (Å²) in [6.07, 6.45) is 2.41. The Kier molecular flexibility index (Phi) is 5.26. The van der Waals surface area contributed by atoms with E-state index < -0.39 is 5.69 Å². The third-order valence-corrected chi connectivity index (χ3v) is 3.55. The van der Waals surface area contributed by atoms with Gasteiger partial charge in [0.2, 0.25) is 11.8 Å². The first-order valence-electron chi connectivity index (χ1n) is 7.24. The number of rotatable bonds is 6. The number of nitrogens with zero attached hydrogens (tertiary/aromatic N) is 3. The van der Waals surface area contributed by atoms with Crippen LogP contribution >= 0.6 is 0 Å². The van der Waals surface area contributed by atoms with Crippen LogP contribution in [0, 0.1) is 5.92 Å². The molecule has 0 radical (unpaired) electrons. The molecule has 2 amide bonds. The maximum absolute atomic E-state index is 12.2. The van der Waals surface area contributed by atoms with Gasteiger partial charge in [0, 0.05) is 25.7 Å². The zero-order chi connectivity index (χ0) is 16.1. The SMILES string of the molecule is CN(C)CCCN1CC(C(=O)Nc2ccnc(=O)[nH]2)CC1=O. The molecule has 1 aliphatic rings. The van der Waals surface area contributed by atoms with E-state index in [-0.39, 0.29) is 24.2 Å². The second-order valence-electron chi connectivity index (χ2n) is 5.68. The molecule has 0 spiro atoms. The van der Waals surface area contributed by atoms with E-state index in [1.54, 1.807) is 4.90 Å². The lowest BCUT2D eigenvalue weighted by molar-refractivity contribution is -0.128. The van der Waals surface area contributed by atoms with Crippen LogP contribution in [0.25, 0.3) is 0 Å². The molecule has 120 valence electrons. The number of aromatic amines is 1. The Balaban J connectivity index is 1.87. The van der Waals surface area contributed by atoms with Crippen LogP contribution in [-0.4, -0.2) is 65.3 Å². The average Bonchev–Trinajstić information content (AvgIpc) is 2.80. The predicted molar refractivity (Wildman–Crippen MR) is 81.3 cm³/mol. The van der Waals surface area contributed by atoms with Crippen molar-refractivity contribution < 1.29 is 9.59 Å². The Labute approximate surface area is 128 Å². The molecule has 1 fully saturated rings. The standard InChI is InChI=1S/C14H21N5O3/c1-18(2)6-3-7-19-9-10(8-12(19)20)13(21)16-11-4-5-15-14(22)17-11/h4-5,10H,3,6-9H2,1-2H3,(H2,15,16,17,21,22). The van der Waals surface area contributed by atoms with Crippen LogP contribution in [0.4, 0.5) is 5.82 Å². The number of H-pyrrole nitrogens is 1. The lowest BCUT2D eigenvalue weighted by atomic mass is 10.1. The van der Waals surface area contributed by atoms with Gasteiger partial charge in [-0.25, -0.2) is 9.78 Å². The summed E-state index contributed by atoms with van der Waals surface area (Å²) in [6, 6.07) is 1.50. The van der Waals surface area contributed by atoms with Crippen molar-refractivity contribution in [3.05, 3.63) is 22.7 Å². The fourth-order valence-electron chi connectivity index (χ4n) is 2.42. The summed E-state index contributed by atoms with van der Waals surface area (Å²) in [5, 5.41) is 2.62. The quantitative estimate of drug-likeness (QED) is 0.739. The van der Waals surface area contributed by atoms with Gasteiger partial charge in [0.25, 0.3) is 0 Å². The largest absolute Gasteiger partial charge is 0.346 e. The van der Waals surface area contributed by atoms with E-state index in [0.717, 1.165) is 13.0 Å². The van der Waals surface area contributed by atoms with Gasteiger partial charge in [0.05, 0.1) is 5.92 Å². The monoisotopic (exact) mass is 307 g/mol. The van der Waals surface area contributed by atoms with Crippen LogP contribution in [-0.2, 0) is 9.59 Å². The molecule has 0 bridgehead atoms.